The quantitative estimate of drug-likeness (QED) is 0.579. The van der Waals surface area contributed by atoms with Crippen LogP contribution in [0.5, 0.6) is 0 Å². The maximum Gasteiger partial charge on any atom is 0.328 e. The standard InChI is InChI=1S/C15H17N3O4S/c16-6-9-1-3-10(4-2-9)14-17-11(8-23-14)5-13(20)18-12(7-19)15(21)22/h1-4,8,12,19H,5-7,16H2,(H,18,20)(H,21,22). The fourth-order valence-electron chi connectivity index (χ4n) is 1.90. The van der Waals surface area contributed by atoms with Crippen LogP contribution in [0.25, 0.3) is 10.6 Å². The van der Waals surface area contributed by atoms with E-state index >= 15 is 0 Å². The maximum atomic E-state index is 11.8. The second kappa shape index (κ2) is 7.82. The normalized spacial score (nSPS) is 11.9. The molecule has 1 aromatic heterocycles. The van der Waals surface area contributed by atoms with Gasteiger partial charge in [0.2, 0.25) is 5.91 Å². The summed E-state index contributed by atoms with van der Waals surface area (Å²) in [6, 6.07) is 6.36. The number of aliphatic hydroxyl groups is 1. The van der Waals surface area contributed by atoms with Crippen LogP contribution in [-0.4, -0.2) is 39.7 Å². The number of thiazole rings is 1. The van der Waals surface area contributed by atoms with Crippen LogP contribution in [0.15, 0.2) is 29.6 Å². The molecule has 1 atom stereocenters. The van der Waals surface area contributed by atoms with Gasteiger partial charge in [-0.05, 0) is 5.56 Å². The zero-order valence-electron chi connectivity index (χ0n) is 12.2. The third-order valence-electron chi connectivity index (χ3n) is 3.15. The molecule has 8 heteroatoms. The molecule has 1 unspecified atom stereocenters. The van der Waals surface area contributed by atoms with Crippen molar-refractivity contribution in [1.82, 2.24) is 10.3 Å². The molecule has 0 saturated carbocycles. The minimum absolute atomic E-state index is 0.0405. The molecule has 0 bridgehead atoms. The number of carboxylic acid groups (broad SMARTS) is 1. The molecule has 122 valence electrons. The van der Waals surface area contributed by atoms with E-state index < -0.39 is 24.5 Å². The average molecular weight is 335 g/mol. The highest BCUT2D eigenvalue weighted by Crippen LogP contribution is 2.24. The molecule has 1 heterocycles. The average Bonchev–Trinajstić information content (AvgIpc) is 3.00. The number of carboxylic acids is 1. The van der Waals surface area contributed by atoms with Gasteiger partial charge < -0.3 is 21.3 Å². The first-order chi connectivity index (χ1) is 11.0. The van der Waals surface area contributed by atoms with Crippen LogP contribution in [0, 0.1) is 0 Å². The van der Waals surface area contributed by atoms with E-state index in [1.54, 1.807) is 5.38 Å². The summed E-state index contributed by atoms with van der Waals surface area (Å²) in [4.78, 5) is 26.9. The van der Waals surface area contributed by atoms with Crippen molar-refractivity contribution < 1.29 is 19.8 Å². The van der Waals surface area contributed by atoms with Gasteiger partial charge in [-0.15, -0.1) is 11.3 Å². The molecule has 0 spiro atoms. The topological polar surface area (TPSA) is 126 Å². The van der Waals surface area contributed by atoms with Crippen molar-refractivity contribution in [3.8, 4) is 10.6 Å². The number of nitrogens with zero attached hydrogens (tertiary/aromatic N) is 1. The second-order valence-electron chi connectivity index (χ2n) is 4.86. The fourth-order valence-corrected chi connectivity index (χ4v) is 2.73. The lowest BCUT2D eigenvalue weighted by molar-refractivity contribution is -0.142. The van der Waals surface area contributed by atoms with Gasteiger partial charge in [0.1, 0.15) is 11.0 Å². The number of amides is 1. The highest BCUT2D eigenvalue weighted by atomic mass is 32.1. The maximum absolute atomic E-state index is 11.8. The lowest BCUT2D eigenvalue weighted by atomic mass is 10.1. The van der Waals surface area contributed by atoms with Crippen LogP contribution >= 0.6 is 11.3 Å². The molecule has 5 N–H and O–H groups in total. The van der Waals surface area contributed by atoms with Crippen LogP contribution in [0.3, 0.4) is 0 Å². The van der Waals surface area contributed by atoms with Gasteiger partial charge in [-0.1, -0.05) is 24.3 Å². The third-order valence-corrected chi connectivity index (χ3v) is 4.09. The molecule has 2 rings (SSSR count). The Morgan fingerprint density at radius 1 is 1.30 bits per heavy atom. The number of carbonyl (C=O) groups is 2. The summed E-state index contributed by atoms with van der Waals surface area (Å²) in [6.07, 6.45) is -0.0405. The van der Waals surface area contributed by atoms with Gasteiger partial charge in [0.25, 0.3) is 0 Å². The van der Waals surface area contributed by atoms with E-state index in [0.717, 1.165) is 16.1 Å². The first-order valence-electron chi connectivity index (χ1n) is 6.90. The van der Waals surface area contributed by atoms with Crippen molar-refractivity contribution >= 4 is 23.2 Å². The Morgan fingerprint density at radius 3 is 2.57 bits per heavy atom. The summed E-state index contributed by atoms with van der Waals surface area (Å²) in [5, 5.41) is 22.4. The van der Waals surface area contributed by atoms with Crippen molar-refractivity contribution in [3.63, 3.8) is 0 Å². The van der Waals surface area contributed by atoms with Gasteiger partial charge in [0, 0.05) is 17.5 Å². The van der Waals surface area contributed by atoms with E-state index in [4.69, 9.17) is 15.9 Å². The Hall–Kier alpha value is -2.29. The number of aromatic nitrogens is 1. The minimum atomic E-state index is -1.30. The summed E-state index contributed by atoms with van der Waals surface area (Å²) in [5.74, 6) is -1.78. The lowest BCUT2D eigenvalue weighted by Gasteiger charge is -2.10. The van der Waals surface area contributed by atoms with Gasteiger partial charge in [0.15, 0.2) is 0 Å². The number of hydrogen-bond donors (Lipinski definition) is 4. The molecule has 0 radical (unpaired) electrons. The van der Waals surface area contributed by atoms with E-state index in [-0.39, 0.29) is 6.42 Å². The highest BCUT2D eigenvalue weighted by molar-refractivity contribution is 7.13. The van der Waals surface area contributed by atoms with Crippen LogP contribution in [-0.2, 0) is 22.6 Å². The van der Waals surface area contributed by atoms with Crippen LogP contribution in [0.4, 0.5) is 0 Å². The second-order valence-corrected chi connectivity index (χ2v) is 5.72. The third kappa shape index (κ3) is 4.59. The van der Waals surface area contributed by atoms with Crippen LogP contribution in [0.2, 0.25) is 0 Å². The van der Waals surface area contributed by atoms with Crippen molar-refractivity contribution in [2.75, 3.05) is 6.61 Å². The van der Waals surface area contributed by atoms with Crippen molar-refractivity contribution in [2.24, 2.45) is 5.73 Å². The van der Waals surface area contributed by atoms with Gasteiger partial charge >= 0.3 is 5.97 Å². The molecule has 0 aliphatic heterocycles. The highest BCUT2D eigenvalue weighted by Gasteiger charge is 2.19. The number of aliphatic hydroxyl groups excluding tert-OH is 1. The zero-order chi connectivity index (χ0) is 16.8. The SMILES string of the molecule is NCc1ccc(-c2nc(CC(=O)NC(CO)C(=O)O)cs2)cc1. The summed E-state index contributed by atoms with van der Waals surface area (Å²) >= 11 is 1.40. The predicted octanol–water partition coefficient (Wildman–Crippen LogP) is 0.373. The summed E-state index contributed by atoms with van der Waals surface area (Å²) in [5.41, 5.74) is 8.05. The zero-order valence-corrected chi connectivity index (χ0v) is 13.0. The number of aliphatic carboxylic acids is 1. The van der Waals surface area contributed by atoms with Gasteiger partial charge in [-0.25, -0.2) is 9.78 Å². The first kappa shape index (κ1) is 17.1. The van der Waals surface area contributed by atoms with E-state index in [9.17, 15) is 9.59 Å². The molecule has 0 fully saturated rings. The number of nitrogens with one attached hydrogen (secondary N) is 1. The summed E-state index contributed by atoms with van der Waals surface area (Å²) in [6.45, 7) is -0.184. The molecule has 7 nitrogen and oxygen atoms in total. The molecular formula is C15H17N3O4S. The summed E-state index contributed by atoms with van der Waals surface area (Å²) in [7, 11) is 0. The lowest BCUT2D eigenvalue weighted by Crippen LogP contribution is -2.43. The Labute approximate surface area is 136 Å². The first-order valence-corrected chi connectivity index (χ1v) is 7.78. The predicted molar refractivity (Wildman–Crippen MR) is 85.8 cm³/mol. The molecule has 2 aromatic rings. The smallest absolute Gasteiger partial charge is 0.328 e. The van der Waals surface area contributed by atoms with Crippen molar-refractivity contribution in [3.05, 3.63) is 40.9 Å². The molecule has 0 aliphatic carbocycles. The Kier molecular flexibility index (Phi) is 5.80. The van der Waals surface area contributed by atoms with E-state index in [1.807, 2.05) is 24.3 Å². The van der Waals surface area contributed by atoms with Gasteiger partial charge in [-0.2, -0.15) is 0 Å². The number of rotatable bonds is 7. The van der Waals surface area contributed by atoms with E-state index in [1.165, 1.54) is 11.3 Å². The van der Waals surface area contributed by atoms with Crippen LogP contribution in [0.1, 0.15) is 11.3 Å². The Balaban J connectivity index is 2.01. The van der Waals surface area contributed by atoms with Gasteiger partial charge in [-0.3, -0.25) is 4.79 Å². The minimum Gasteiger partial charge on any atom is -0.480 e. The molecule has 0 aliphatic rings. The fraction of sp³-hybridized carbons (Fsp3) is 0.267. The van der Waals surface area contributed by atoms with Gasteiger partial charge in [0.05, 0.1) is 18.7 Å². The molecule has 0 saturated heterocycles. The number of benzene rings is 1. The van der Waals surface area contributed by atoms with Crippen LogP contribution < -0.4 is 11.1 Å². The largest absolute Gasteiger partial charge is 0.480 e. The number of carbonyl (C=O) groups excluding carboxylic acids is 1. The summed E-state index contributed by atoms with van der Waals surface area (Å²) < 4.78 is 0. The molecular weight excluding hydrogens is 318 g/mol. The Morgan fingerprint density at radius 2 is 2.00 bits per heavy atom. The number of nitrogens with two attached hydrogens (primary N) is 1. The molecule has 23 heavy (non-hydrogen) atoms. The van der Waals surface area contributed by atoms with Crippen molar-refractivity contribution in [1.29, 1.82) is 0 Å². The number of hydrogen-bond acceptors (Lipinski definition) is 6. The van der Waals surface area contributed by atoms with Crippen molar-refractivity contribution in [2.45, 2.75) is 19.0 Å². The Bertz CT molecular complexity index is 684. The monoisotopic (exact) mass is 335 g/mol. The van der Waals surface area contributed by atoms with E-state index in [2.05, 4.69) is 10.3 Å². The molecule has 1 amide bonds. The van der Waals surface area contributed by atoms with E-state index in [0.29, 0.717) is 12.2 Å². The molecule has 1 aromatic carbocycles.